The van der Waals surface area contributed by atoms with E-state index >= 15 is 0 Å². The van der Waals surface area contributed by atoms with Gasteiger partial charge >= 0.3 is 0 Å². The number of aliphatic hydroxyl groups is 1. The number of hydrogen-bond acceptors (Lipinski definition) is 3. The number of aromatic nitrogens is 2. The van der Waals surface area contributed by atoms with Gasteiger partial charge in [0, 0.05) is 6.54 Å². The molecular weight excluding hydrogens is 321 g/mol. The van der Waals surface area contributed by atoms with Gasteiger partial charge in [-0.05, 0) is 43.0 Å². The van der Waals surface area contributed by atoms with Crippen molar-refractivity contribution in [3.63, 3.8) is 0 Å². The summed E-state index contributed by atoms with van der Waals surface area (Å²) in [6.45, 7) is 4.22. The van der Waals surface area contributed by atoms with Gasteiger partial charge in [-0.3, -0.25) is 4.79 Å². The van der Waals surface area contributed by atoms with Gasteiger partial charge in [0.05, 0.1) is 28.7 Å². The number of nitrogens with one attached hydrogen (secondary N) is 1. The lowest BCUT2D eigenvalue weighted by Crippen LogP contribution is -2.41. The maximum Gasteiger partial charge on any atom is 0.254 e. The molecule has 1 heterocycles. The molecule has 134 valence electrons. The fraction of sp³-hybridized carbons (Fsp3) is 0.474. The van der Waals surface area contributed by atoms with E-state index in [-0.39, 0.29) is 24.2 Å². The SMILES string of the molecule is CC(C)c1c(C(=O)NCC2(O)CCCC2)cnn1-c1ccc(F)cc1. The van der Waals surface area contributed by atoms with Crippen LogP contribution in [0.4, 0.5) is 4.39 Å². The molecule has 0 spiro atoms. The van der Waals surface area contributed by atoms with Crippen LogP contribution in [-0.4, -0.2) is 32.9 Å². The number of amides is 1. The molecule has 1 amide bonds. The molecule has 1 aliphatic carbocycles. The third-order valence-electron chi connectivity index (χ3n) is 4.78. The van der Waals surface area contributed by atoms with Crippen LogP contribution in [0.5, 0.6) is 0 Å². The van der Waals surface area contributed by atoms with Crippen LogP contribution in [0.25, 0.3) is 5.69 Å². The summed E-state index contributed by atoms with van der Waals surface area (Å²) in [5.74, 6) is -0.495. The van der Waals surface area contributed by atoms with Gasteiger partial charge in [-0.1, -0.05) is 26.7 Å². The van der Waals surface area contributed by atoms with Crippen molar-refractivity contribution in [2.24, 2.45) is 0 Å². The normalized spacial score (nSPS) is 16.4. The summed E-state index contributed by atoms with van der Waals surface area (Å²) in [7, 11) is 0. The Kier molecular flexibility index (Phi) is 4.90. The van der Waals surface area contributed by atoms with Crippen molar-refractivity contribution < 1.29 is 14.3 Å². The van der Waals surface area contributed by atoms with Crippen LogP contribution in [0, 0.1) is 5.82 Å². The Balaban J connectivity index is 1.83. The summed E-state index contributed by atoms with van der Waals surface area (Å²) in [5.41, 5.74) is 1.17. The number of benzene rings is 1. The number of halogens is 1. The minimum Gasteiger partial charge on any atom is -0.388 e. The van der Waals surface area contributed by atoms with Crippen LogP contribution in [0.1, 0.15) is 61.5 Å². The summed E-state index contributed by atoms with van der Waals surface area (Å²) in [5, 5.41) is 17.6. The van der Waals surface area contributed by atoms with Crippen LogP contribution >= 0.6 is 0 Å². The van der Waals surface area contributed by atoms with E-state index in [0.29, 0.717) is 11.3 Å². The first kappa shape index (κ1) is 17.6. The zero-order valence-electron chi connectivity index (χ0n) is 14.6. The second kappa shape index (κ2) is 6.96. The maximum atomic E-state index is 13.2. The molecule has 2 aromatic rings. The predicted molar refractivity (Wildman–Crippen MR) is 93.4 cm³/mol. The molecular formula is C19H24FN3O2. The minimum absolute atomic E-state index is 0.0582. The lowest BCUT2D eigenvalue weighted by atomic mass is 10.0. The van der Waals surface area contributed by atoms with Crippen molar-refractivity contribution >= 4 is 5.91 Å². The zero-order chi connectivity index (χ0) is 18.0. The van der Waals surface area contributed by atoms with Gasteiger partial charge in [-0.15, -0.1) is 0 Å². The third kappa shape index (κ3) is 3.74. The summed E-state index contributed by atoms with van der Waals surface area (Å²) in [6.07, 6.45) is 4.96. The van der Waals surface area contributed by atoms with E-state index in [0.717, 1.165) is 31.4 Å². The number of nitrogens with zero attached hydrogens (tertiary/aromatic N) is 2. The summed E-state index contributed by atoms with van der Waals surface area (Å²) in [6, 6.07) is 6.02. The van der Waals surface area contributed by atoms with E-state index in [4.69, 9.17) is 0 Å². The summed E-state index contributed by atoms with van der Waals surface area (Å²) >= 11 is 0. The molecule has 0 unspecified atom stereocenters. The van der Waals surface area contributed by atoms with E-state index in [2.05, 4.69) is 10.4 Å². The van der Waals surface area contributed by atoms with Gasteiger partial charge in [-0.25, -0.2) is 9.07 Å². The monoisotopic (exact) mass is 345 g/mol. The smallest absolute Gasteiger partial charge is 0.254 e. The average molecular weight is 345 g/mol. The van der Waals surface area contributed by atoms with Crippen LogP contribution in [0.2, 0.25) is 0 Å². The predicted octanol–water partition coefficient (Wildman–Crippen LogP) is 3.17. The molecule has 0 saturated heterocycles. The van der Waals surface area contributed by atoms with E-state index in [1.807, 2.05) is 13.8 Å². The van der Waals surface area contributed by atoms with Crippen molar-refractivity contribution in [3.8, 4) is 5.69 Å². The van der Waals surface area contributed by atoms with Gasteiger partial charge in [0.2, 0.25) is 0 Å². The molecule has 25 heavy (non-hydrogen) atoms. The number of carbonyl (C=O) groups excluding carboxylic acids is 1. The molecule has 1 aromatic heterocycles. The number of rotatable bonds is 5. The number of hydrogen-bond donors (Lipinski definition) is 2. The highest BCUT2D eigenvalue weighted by Gasteiger charge is 2.32. The topological polar surface area (TPSA) is 67.2 Å². The van der Waals surface area contributed by atoms with Gasteiger partial charge in [0.1, 0.15) is 5.82 Å². The molecule has 1 aliphatic rings. The van der Waals surface area contributed by atoms with Crippen molar-refractivity contribution in [2.75, 3.05) is 6.54 Å². The Morgan fingerprint density at radius 2 is 1.96 bits per heavy atom. The Hall–Kier alpha value is -2.21. The average Bonchev–Trinajstić information content (AvgIpc) is 3.20. The number of carbonyl (C=O) groups is 1. The Morgan fingerprint density at radius 3 is 2.56 bits per heavy atom. The fourth-order valence-electron chi connectivity index (χ4n) is 3.43. The highest BCUT2D eigenvalue weighted by molar-refractivity contribution is 5.95. The molecule has 2 N–H and O–H groups in total. The maximum absolute atomic E-state index is 13.2. The first-order valence-electron chi connectivity index (χ1n) is 8.74. The van der Waals surface area contributed by atoms with Gasteiger partial charge in [0.25, 0.3) is 5.91 Å². The minimum atomic E-state index is -0.791. The van der Waals surface area contributed by atoms with Crippen molar-refractivity contribution in [1.82, 2.24) is 15.1 Å². The molecule has 6 heteroatoms. The lowest BCUT2D eigenvalue weighted by Gasteiger charge is -2.22. The van der Waals surface area contributed by atoms with Crippen LogP contribution in [0.15, 0.2) is 30.5 Å². The standard InChI is InChI=1S/C19H24FN3O2/c1-13(2)17-16(18(24)21-12-19(25)9-3-4-10-19)11-22-23(17)15-7-5-14(20)6-8-15/h5-8,11,13,25H,3-4,9-10,12H2,1-2H3,(H,21,24). The largest absolute Gasteiger partial charge is 0.388 e. The second-order valence-electron chi connectivity index (χ2n) is 7.10. The molecule has 0 radical (unpaired) electrons. The molecule has 1 fully saturated rings. The molecule has 0 atom stereocenters. The lowest BCUT2D eigenvalue weighted by molar-refractivity contribution is 0.0449. The highest BCUT2D eigenvalue weighted by atomic mass is 19.1. The summed E-state index contributed by atoms with van der Waals surface area (Å²) < 4.78 is 14.8. The molecule has 0 aliphatic heterocycles. The molecule has 1 saturated carbocycles. The zero-order valence-corrected chi connectivity index (χ0v) is 14.6. The molecule has 1 aromatic carbocycles. The van der Waals surface area contributed by atoms with E-state index < -0.39 is 5.60 Å². The van der Waals surface area contributed by atoms with E-state index in [1.54, 1.807) is 16.8 Å². The van der Waals surface area contributed by atoms with E-state index in [9.17, 15) is 14.3 Å². The van der Waals surface area contributed by atoms with Gasteiger partial charge < -0.3 is 10.4 Å². The van der Waals surface area contributed by atoms with Crippen molar-refractivity contribution in [3.05, 3.63) is 47.5 Å². The Labute approximate surface area is 146 Å². The van der Waals surface area contributed by atoms with E-state index in [1.165, 1.54) is 18.3 Å². The highest BCUT2D eigenvalue weighted by Crippen LogP contribution is 2.29. The molecule has 0 bridgehead atoms. The Bertz CT molecular complexity index is 747. The second-order valence-corrected chi connectivity index (χ2v) is 7.10. The van der Waals surface area contributed by atoms with Crippen LogP contribution < -0.4 is 5.32 Å². The first-order valence-corrected chi connectivity index (χ1v) is 8.74. The fourth-order valence-corrected chi connectivity index (χ4v) is 3.43. The molecule has 5 nitrogen and oxygen atoms in total. The third-order valence-corrected chi connectivity index (χ3v) is 4.78. The van der Waals surface area contributed by atoms with Crippen LogP contribution in [-0.2, 0) is 0 Å². The van der Waals surface area contributed by atoms with Crippen molar-refractivity contribution in [2.45, 2.75) is 51.0 Å². The first-order chi connectivity index (χ1) is 11.9. The van der Waals surface area contributed by atoms with Gasteiger partial charge in [-0.2, -0.15) is 5.10 Å². The van der Waals surface area contributed by atoms with Crippen LogP contribution in [0.3, 0.4) is 0 Å². The van der Waals surface area contributed by atoms with Crippen molar-refractivity contribution in [1.29, 1.82) is 0 Å². The molecule has 3 rings (SSSR count). The Morgan fingerprint density at radius 1 is 1.32 bits per heavy atom. The quantitative estimate of drug-likeness (QED) is 0.875. The summed E-state index contributed by atoms with van der Waals surface area (Å²) in [4.78, 5) is 12.6. The van der Waals surface area contributed by atoms with Gasteiger partial charge in [0.15, 0.2) is 0 Å².